The molecule has 4 heteroatoms. The number of aryl methyl sites for hydroxylation is 1. The predicted molar refractivity (Wildman–Crippen MR) is 59.6 cm³/mol. The molecule has 0 saturated carbocycles. The summed E-state index contributed by atoms with van der Waals surface area (Å²) in [5.74, 6) is 0.766. The zero-order chi connectivity index (χ0) is 10.8. The van der Waals surface area contributed by atoms with E-state index in [1.165, 1.54) is 0 Å². The first-order chi connectivity index (χ1) is 7.22. The molecule has 0 radical (unpaired) electrons. The van der Waals surface area contributed by atoms with E-state index in [4.69, 9.17) is 21.9 Å². The van der Waals surface area contributed by atoms with Gasteiger partial charge in [-0.1, -0.05) is 28.9 Å². The molecule has 2 aromatic rings. The molecular weight excluding hydrogens is 212 g/mol. The average Bonchev–Trinajstić information content (AvgIpc) is 2.61. The Morgan fingerprint density at radius 2 is 2.00 bits per heavy atom. The Balaban J connectivity index is 2.49. The van der Waals surface area contributed by atoms with Crippen LogP contribution in [0.3, 0.4) is 0 Å². The summed E-state index contributed by atoms with van der Waals surface area (Å²) in [6.45, 7) is 2.28. The lowest BCUT2D eigenvalue weighted by Gasteiger charge is -1.99. The zero-order valence-corrected chi connectivity index (χ0v) is 9.08. The van der Waals surface area contributed by atoms with Crippen molar-refractivity contribution in [1.82, 2.24) is 5.16 Å². The topological polar surface area (TPSA) is 52.0 Å². The Bertz CT molecular complexity index is 462. The molecule has 0 aliphatic rings. The molecule has 0 spiro atoms. The largest absolute Gasteiger partial charge is 0.361 e. The minimum atomic E-state index is 0.424. The molecule has 0 fully saturated rings. The van der Waals surface area contributed by atoms with Gasteiger partial charge in [-0.15, -0.1) is 0 Å². The van der Waals surface area contributed by atoms with Crippen molar-refractivity contribution in [2.24, 2.45) is 5.73 Å². The maximum atomic E-state index is 5.81. The van der Waals surface area contributed by atoms with Gasteiger partial charge in [0.1, 0.15) is 11.5 Å². The molecule has 0 unspecified atom stereocenters. The second-order valence-electron chi connectivity index (χ2n) is 3.28. The lowest BCUT2D eigenvalue weighted by atomic mass is 10.1. The highest BCUT2D eigenvalue weighted by atomic mass is 35.5. The van der Waals surface area contributed by atoms with Gasteiger partial charge < -0.3 is 10.3 Å². The van der Waals surface area contributed by atoms with Gasteiger partial charge >= 0.3 is 0 Å². The summed E-state index contributed by atoms with van der Waals surface area (Å²) in [6.07, 6.45) is 0. The molecular formula is C11H11ClN2O. The highest BCUT2D eigenvalue weighted by molar-refractivity contribution is 6.30. The average molecular weight is 223 g/mol. The Morgan fingerprint density at radius 3 is 2.60 bits per heavy atom. The molecule has 0 saturated heterocycles. The molecule has 3 nitrogen and oxygen atoms in total. The van der Waals surface area contributed by atoms with Crippen molar-refractivity contribution >= 4 is 11.6 Å². The number of aromatic nitrogens is 1. The van der Waals surface area contributed by atoms with Gasteiger partial charge in [0, 0.05) is 22.7 Å². The van der Waals surface area contributed by atoms with E-state index in [1.54, 1.807) is 0 Å². The van der Waals surface area contributed by atoms with Crippen LogP contribution < -0.4 is 5.73 Å². The molecule has 0 amide bonds. The third-order valence-corrected chi connectivity index (χ3v) is 2.56. The molecule has 0 bridgehead atoms. The number of halogens is 1. The van der Waals surface area contributed by atoms with Crippen molar-refractivity contribution in [3.63, 3.8) is 0 Å². The minimum absolute atomic E-state index is 0.424. The van der Waals surface area contributed by atoms with E-state index in [0.29, 0.717) is 11.6 Å². The molecule has 1 aromatic heterocycles. The number of benzene rings is 1. The summed E-state index contributed by atoms with van der Waals surface area (Å²) >= 11 is 5.81. The summed E-state index contributed by atoms with van der Waals surface area (Å²) in [4.78, 5) is 0. The first-order valence-electron chi connectivity index (χ1n) is 4.63. The van der Waals surface area contributed by atoms with Gasteiger partial charge in [-0.2, -0.15) is 0 Å². The fourth-order valence-electron chi connectivity index (χ4n) is 1.47. The predicted octanol–water partition coefficient (Wildman–Crippen LogP) is 2.76. The first-order valence-corrected chi connectivity index (χ1v) is 5.01. The van der Waals surface area contributed by atoms with Gasteiger partial charge in [0.15, 0.2) is 0 Å². The van der Waals surface area contributed by atoms with Crippen molar-refractivity contribution in [1.29, 1.82) is 0 Å². The maximum Gasteiger partial charge on any atom is 0.138 e. The summed E-state index contributed by atoms with van der Waals surface area (Å²) in [7, 11) is 0. The summed E-state index contributed by atoms with van der Waals surface area (Å²) in [5, 5.41) is 4.69. The zero-order valence-electron chi connectivity index (χ0n) is 8.33. The third kappa shape index (κ3) is 1.89. The minimum Gasteiger partial charge on any atom is -0.361 e. The second kappa shape index (κ2) is 4.04. The van der Waals surface area contributed by atoms with Gasteiger partial charge in [0.25, 0.3) is 0 Å². The standard InChI is InChI=1S/C11H11ClN2O/c1-7-10(6-13)11(14-15-7)8-2-4-9(12)5-3-8/h2-5H,6,13H2,1H3. The summed E-state index contributed by atoms with van der Waals surface area (Å²) in [6, 6.07) is 7.44. The van der Waals surface area contributed by atoms with Crippen LogP contribution in [0.4, 0.5) is 0 Å². The first kappa shape index (κ1) is 10.2. The Hall–Kier alpha value is -1.32. The van der Waals surface area contributed by atoms with E-state index in [-0.39, 0.29) is 0 Å². The molecule has 78 valence electrons. The van der Waals surface area contributed by atoms with E-state index >= 15 is 0 Å². The van der Waals surface area contributed by atoms with Gasteiger partial charge in [0.2, 0.25) is 0 Å². The van der Waals surface area contributed by atoms with E-state index in [9.17, 15) is 0 Å². The molecule has 1 aromatic carbocycles. The van der Waals surface area contributed by atoms with Crippen LogP contribution in [-0.2, 0) is 6.54 Å². The number of hydrogen-bond donors (Lipinski definition) is 1. The van der Waals surface area contributed by atoms with Gasteiger partial charge in [-0.3, -0.25) is 0 Å². The second-order valence-corrected chi connectivity index (χ2v) is 3.71. The molecule has 0 aliphatic carbocycles. The Kier molecular flexibility index (Phi) is 2.75. The van der Waals surface area contributed by atoms with Crippen LogP contribution >= 0.6 is 11.6 Å². The molecule has 1 heterocycles. The highest BCUT2D eigenvalue weighted by Gasteiger charge is 2.12. The maximum absolute atomic E-state index is 5.81. The van der Waals surface area contributed by atoms with Crippen LogP contribution in [-0.4, -0.2) is 5.16 Å². The number of rotatable bonds is 2. The normalized spacial score (nSPS) is 10.6. The monoisotopic (exact) mass is 222 g/mol. The number of nitrogens with zero attached hydrogens (tertiary/aromatic N) is 1. The van der Waals surface area contributed by atoms with E-state index in [1.807, 2.05) is 31.2 Å². The van der Waals surface area contributed by atoms with Crippen LogP contribution in [0.1, 0.15) is 11.3 Å². The Labute approximate surface area is 92.8 Å². The van der Waals surface area contributed by atoms with Gasteiger partial charge in [-0.05, 0) is 19.1 Å². The highest BCUT2D eigenvalue weighted by Crippen LogP contribution is 2.25. The summed E-state index contributed by atoms with van der Waals surface area (Å²) < 4.78 is 5.11. The third-order valence-electron chi connectivity index (χ3n) is 2.31. The van der Waals surface area contributed by atoms with Gasteiger partial charge in [-0.25, -0.2) is 0 Å². The van der Waals surface area contributed by atoms with Crippen LogP contribution in [0.15, 0.2) is 28.8 Å². The quantitative estimate of drug-likeness (QED) is 0.850. The number of nitrogens with two attached hydrogens (primary N) is 1. The Morgan fingerprint density at radius 1 is 1.33 bits per heavy atom. The van der Waals surface area contributed by atoms with Crippen LogP contribution in [0.5, 0.6) is 0 Å². The molecule has 15 heavy (non-hydrogen) atoms. The fraction of sp³-hybridized carbons (Fsp3) is 0.182. The van der Waals surface area contributed by atoms with Crippen molar-refractivity contribution in [3.8, 4) is 11.3 Å². The molecule has 0 aliphatic heterocycles. The summed E-state index contributed by atoms with van der Waals surface area (Å²) in [5.41, 5.74) is 8.35. The van der Waals surface area contributed by atoms with Crippen molar-refractivity contribution < 1.29 is 4.52 Å². The number of hydrogen-bond acceptors (Lipinski definition) is 3. The van der Waals surface area contributed by atoms with Crippen LogP contribution in [0, 0.1) is 6.92 Å². The van der Waals surface area contributed by atoms with E-state index in [2.05, 4.69) is 5.16 Å². The van der Waals surface area contributed by atoms with Gasteiger partial charge in [0.05, 0.1) is 0 Å². The van der Waals surface area contributed by atoms with E-state index < -0.39 is 0 Å². The lowest BCUT2D eigenvalue weighted by molar-refractivity contribution is 0.398. The SMILES string of the molecule is Cc1onc(-c2ccc(Cl)cc2)c1CN. The van der Waals surface area contributed by atoms with E-state index in [0.717, 1.165) is 22.6 Å². The van der Waals surface area contributed by atoms with Crippen LogP contribution in [0.2, 0.25) is 5.02 Å². The van der Waals surface area contributed by atoms with Crippen molar-refractivity contribution in [2.45, 2.75) is 13.5 Å². The van der Waals surface area contributed by atoms with Crippen molar-refractivity contribution in [3.05, 3.63) is 40.6 Å². The smallest absolute Gasteiger partial charge is 0.138 e. The van der Waals surface area contributed by atoms with Crippen LogP contribution in [0.25, 0.3) is 11.3 Å². The lowest BCUT2D eigenvalue weighted by Crippen LogP contribution is -1.98. The molecule has 2 rings (SSSR count). The van der Waals surface area contributed by atoms with Crippen molar-refractivity contribution in [2.75, 3.05) is 0 Å². The molecule has 0 atom stereocenters. The fourth-order valence-corrected chi connectivity index (χ4v) is 1.59. The molecule has 2 N–H and O–H groups in total.